The van der Waals surface area contributed by atoms with E-state index in [2.05, 4.69) is 14.5 Å². The van der Waals surface area contributed by atoms with Crippen molar-refractivity contribution in [2.24, 2.45) is 0 Å². The van der Waals surface area contributed by atoms with Crippen molar-refractivity contribution in [2.45, 2.75) is 6.92 Å². The molecule has 0 N–H and O–H groups in total. The van der Waals surface area contributed by atoms with Crippen LogP contribution in [-0.2, 0) is 9.47 Å². The van der Waals surface area contributed by atoms with Gasteiger partial charge in [-0.2, -0.15) is 0 Å². The van der Waals surface area contributed by atoms with E-state index in [4.69, 9.17) is 4.42 Å². The van der Waals surface area contributed by atoms with E-state index >= 15 is 0 Å². The number of hydrogen-bond donors (Lipinski definition) is 0. The molecule has 1 aromatic heterocycles. The van der Waals surface area contributed by atoms with Crippen LogP contribution in [0.4, 0.5) is 4.39 Å². The van der Waals surface area contributed by atoms with Crippen LogP contribution in [0, 0.1) is 12.7 Å². The fourth-order valence-corrected chi connectivity index (χ4v) is 1.69. The first kappa shape index (κ1) is 14.7. The maximum atomic E-state index is 13.9. The molecule has 0 saturated carbocycles. The second-order valence-corrected chi connectivity index (χ2v) is 4.16. The summed E-state index contributed by atoms with van der Waals surface area (Å²) in [6.07, 6.45) is 0. The van der Waals surface area contributed by atoms with Gasteiger partial charge in [-0.25, -0.2) is 19.0 Å². The van der Waals surface area contributed by atoms with Gasteiger partial charge in [-0.15, -0.1) is 0 Å². The summed E-state index contributed by atoms with van der Waals surface area (Å²) in [7, 11) is 2.25. The predicted octanol–water partition coefficient (Wildman–Crippen LogP) is 2.36. The van der Waals surface area contributed by atoms with E-state index in [1.807, 2.05) is 0 Å². The molecule has 2 aromatic rings. The van der Waals surface area contributed by atoms with Crippen molar-refractivity contribution in [3.8, 4) is 11.5 Å². The average molecular weight is 293 g/mol. The monoisotopic (exact) mass is 293 g/mol. The fraction of sp³-hybridized carbons (Fsp3) is 0.214. The van der Waals surface area contributed by atoms with Gasteiger partial charge in [0, 0.05) is 0 Å². The van der Waals surface area contributed by atoms with Crippen LogP contribution in [-0.4, -0.2) is 31.1 Å². The van der Waals surface area contributed by atoms with Gasteiger partial charge in [0.25, 0.3) is 0 Å². The Hall–Kier alpha value is -2.70. The highest BCUT2D eigenvalue weighted by atomic mass is 19.1. The quantitative estimate of drug-likeness (QED) is 0.808. The number of oxazole rings is 1. The molecule has 0 atom stereocenters. The summed E-state index contributed by atoms with van der Waals surface area (Å²) in [5, 5.41) is 0. The van der Waals surface area contributed by atoms with Gasteiger partial charge in [-0.05, 0) is 24.6 Å². The first-order chi connectivity index (χ1) is 9.97. The molecule has 7 heteroatoms. The van der Waals surface area contributed by atoms with Crippen molar-refractivity contribution in [1.82, 2.24) is 4.98 Å². The Balaban J connectivity index is 2.58. The van der Waals surface area contributed by atoms with Crippen LogP contribution in [0.25, 0.3) is 11.5 Å². The fourth-order valence-electron chi connectivity index (χ4n) is 1.69. The minimum absolute atomic E-state index is 0.0286. The maximum absolute atomic E-state index is 13.9. The van der Waals surface area contributed by atoms with Gasteiger partial charge in [0.15, 0.2) is 0 Å². The lowest BCUT2D eigenvalue weighted by atomic mass is 10.1. The van der Waals surface area contributed by atoms with E-state index in [0.29, 0.717) is 5.56 Å². The number of carbonyl (C=O) groups excluding carboxylic acids is 2. The number of aromatic nitrogens is 1. The average Bonchev–Trinajstić information content (AvgIpc) is 2.90. The molecule has 110 valence electrons. The molecule has 0 bridgehead atoms. The summed E-state index contributed by atoms with van der Waals surface area (Å²) < 4.78 is 28.1. The van der Waals surface area contributed by atoms with Gasteiger partial charge in [0.1, 0.15) is 5.82 Å². The van der Waals surface area contributed by atoms with E-state index in [1.54, 1.807) is 13.0 Å². The van der Waals surface area contributed by atoms with Gasteiger partial charge in [-0.3, -0.25) is 0 Å². The lowest BCUT2D eigenvalue weighted by molar-refractivity contribution is 0.0527. The molecule has 0 spiro atoms. The Morgan fingerprint density at radius 3 is 2.43 bits per heavy atom. The van der Waals surface area contributed by atoms with Crippen molar-refractivity contribution in [1.29, 1.82) is 0 Å². The Labute approximate surface area is 119 Å². The summed E-state index contributed by atoms with van der Waals surface area (Å²) in [6.45, 7) is 1.72. The Morgan fingerprint density at radius 1 is 1.19 bits per heavy atom. The summed E-state index contributed by atoms with van der Waals surface area (Å²) in [4.78, 5) is 27.0. The van der Waals surface area contributed by atoms with E-state index in [-0.39, 0.29) is 17.1 Å². The van der Waals surface area contributed by atoms with Crippen LogP contribution in [0.2, 0.25) is 0 Å². The molecule has 0 unspecified atom stereocenters. The first-order valence-corrected chi connectivity index (χ1v) is 5.92. The minimum atomic E-state index is -0.901. The lowest BCUT2D eigenvalue weighted by Crippen LogP contribution is -2.10. The maximum Gasteiger partial charge on any atom is 0.376 e. The lowest BCUT2D eigenvalue weighted by Gasteiger charge is -1.99. The zero-order chi connectivity index (χ0) is 15.6. The number of esters is 2. The van der Waals surface area contributed by atoms with Crippen molar-refractivity contribution >= 4 is 11.9 Å². The van der Waals surface area contributed by atoms with Crippen LogP contribution in [0.5, 0.6) is 0 Å². The molecular weight excluding hydrogens is 281 g/mol. The first-order valence-electron chi connectivity index (χ1n) is 5.92. The number of aryl methyl sites for hydroxylation is 1. The smallest absolute Gasteiger partial charge is 0.376 e. The van der Waals surface area contributed by atoms with Gasteiger partial charge in [0.2, 0.25) is 17.3 Å². The number of carbonyl (C=O) groups is 2. The molecule has 0 fully saturated rings. The zero-order valence-corrected chi connectivity index (χ0v) is 11.6. The topological polar surface area (TPSA) is 78.6 Å². The number of halogens is 1. The molecule has 0 radical (unpaired) electrons. The van der Waals surface area contributed by atoms with E-state index in [9.17, 15) is 14.0 Å². The molecule has 0 aliphatic rings. The third-order valence-electron chi connectivity index (χ3n) is 2.73. The highest BCUT2D eigenvalue weighted by Crippen LogP contribution is 2.26. The van der Waals surface area contributed by atoms with Crippen molar-refractivity contribution in [3.05, 3.63) is 41.0 Å². The van der Waals surface area contributed by atoms with Gasteiger partial charge < -0.3 is 13.9 Å². The molecule has 0 amide bonds. The van der Waals surface area contributed by atoms with Gasteiger partial charge >= 0.3 is 11.9 Å². The number of hydrogen-bond acceptors (Lipinski definition) is 6. The SMILES string of the molecule is COC(=O)c1nc(-c2ccc(C)cc2F)oc1C(=O)OC. The van der Waals surface area contributed by atoms with Crippen LogP contribution in [0.3, 0.4) is 0 Å². The molecule has 21 heavy (non-hydrogen) atoms. The van der Waals surface area contributed by atoms with E-state index in [0.717, 1.165) is 14.2 Å². The number of ether oxygens (including phenoxy) is 2. The highest BCUT2D eigenvalue weighted by Gasteiger charge is 2.28. The predicted molar refractivity (Wildman–Crippen MR) is 69.3 cm³/mol. The molecule has 1 heterocycles. The second-order valence-electron chi connectivity index (χ2n) is 4.16. The molecule has 0 aliphatic heterocycles. The van der Waals surface area contributed by atoms with Crippen LogP contribution in [0.15, 0.2) is 22.6 Å². The molecule has 1 aromatic carbocycles. The third-order valence-corrected chi connectivity index (χ3v) is 2.73. The molecule has 2 rings (SSSR count). The summed E-state index contributed by atoms with van der Waals surface area (Å²) in [5.74, 6) is -2.99. The van der Waals surface area contributed by atoms with Crippen LogP contribution in [0.1, 0.15) is 26.6 Å². The van der Waals surface area contributed by atoms with E-state index in [1.165, 1.54) is 12.1 Å². The Morgan fingerprint density at radius 2 is 1.86 bits per heavy atom. The van der Waals surface area contributed by atoms with Crippen LogP contribution < -0.4 is 0 Å². The summed E-state index contributed by atoms with van der Waals surface area (Å²) in [6, 6.07) is 4.38. The van der Waals surface area contributed by atoms with E-state index < -0.39 is 23.5 Å². The standard InChI is InChI=1S/C14H12FNO5/c1-7-4-5-8(9(15)6-7)12-16-10(13(17)19-2)11(21-12)14(18)20-3/h4-6H,1-3H3. The second kappa shape index (κ2) is 5.74. The van der Waals surface area contributed by atoms with Crippen molar-refractivity contribution in [2.75, 3.05) is 14.2 Å². The number of rotatable bonds is 3. The number of methoxy groups -OCH3 is 2. The van der Waals surface area contributed by atoms with Crippen molar-refractivity contribution in [3.63, 3.8) is 0 Å². The zero-order valence-electron chi connectivity index (χ0n) is 11.6. The molecule has 6 nitrogen and oxygen atoms in total. The highest BCUT2D eigenvalue weighted by molar-refractivity contribution is 6.00. The Bertz CT molecular complexity index is 674. The number of nitrogens with zero attached hydrogens (tertiary/aromatic N) is 1. The van der Waals surface area contributed by atoms with Gasteiger partial charge in [0.05, 0.1) is 19.8 Å². The molecule has 0 saturated heterocycles. The van der Waals surface area contributed by atoms with Crippen LogP contribution >= 0.6 is 0 Å². The van der Waals surface area contributed by atoms with Crippen molar-refractivity contribution < 1.29 is 27.9 Å². The summed E-state index contributed by atoms with van der Waals surface area (Å²) in [5.41, 5.74) is 0.379. The number of benzene rings is 1. The van der Waals surface area contributed by atoms with Gasteiger partial charge in [-0.1, -0.05) is 6.07 Å². The summed E-state index contributed by atoms with van der Waals surface area (Å²) >= 11 is 0. The normalized spacial score (nSPS) is 10.3. The minimum Gasteiger partial charge on any atom is -0.464 e. The third kappa shape index (κ3) is 2.76. The molecule has 0 aliphatic carbocycles. The molecular formula is C14H12FNO5. The largest absolute Gasteiger partial charge is 0.464 e. The Kier molecular flexibility index (Phi) is 4.02.